The molecule has 1 unspecified atom stereocenters. The zero-order valence-corrected chi connectivity index (χ0v) is 15.1. The quantitative estimate of drug-likeness (QED) is 0.381. The van der Waals surface area contributed by atoms with E-state index in [-0.39, 0.29) is 18.3 Å². The molecule has 6 heteroatoms. The highest BCUT2D eigenvalue weighted by Crippen LogP contribution is 2.04. The summed E-state index contributed by atoms with van der Waals surface area (Å²) in [6.07, 6.45) is 1.79. The smallest absolute Gasteiger partial charge is 0.323 e. The molecule has 0 bridgehead atoms. The number of ketones is 1. The van der Waals surface area contributed by atoms with Gasteiger partial charge in [0.2, 0.25) is 0 Å². The van der Waals surface area contributed by atoms with Crippen LogP contribution in [0.4, 0.5) is 0 Å². The molecule has 0 aliphatic heterocycles. The third-order valence-corrected chi connectivity index (χ3v) is 4.01. The van der Waals surface area contributed by atoms with Crippen molar-refractivity contribution in [3.8, 4) is 0 Å². The molecule has 0 heterocycles. The molecule has 0 aliphatic rings. The van der Waals surface area contributed by atoms with E-state index in [0.29, 0.717) is 36.9 Å². The standard InChI is InChI=1S/C21H24N2O4/c22-18(21(26)27-15-19(24)16-9-3-1-4-10-16)13-7-8-14-23-20(25)17-11-5-2-6-12-17/h1-6,9-12,18H,7-8,13-15,22H2,(H,23,25). The first-order valence-corrected chi connectivity index (χ1v) is 8.91. The van der Waals surface area contributed by atoms with Gasteiger partial charge in [0.05, 0.1) is 0 Å². The molecular formula is C21H24N2O4. The van der Waals surface area contributed by atoms with Crippen LogP contribution in [0.3, 0.4) is 0 Å². The fourth-order valence-electron chi connectivity index (χ4n) is 2.45. The summed E-state index contributed by atoms with van der Waals surface area (Å²) >= 11 is 0. The number of carbonyl (C=O) groups excluding carboxylic acids is 3. The minimum atomic E-state index is -0.779. The highest BCUT2D eigenvalue weighted by Gasteiger charge is 2.16. The van der Waals surface area contributed by atoms with E-state index in [4.69, 9.17) is 10.5 Å². The van der Waals surface area contributed by atoms with Crippen LogP contribution < -0.4 is 11.1 Å². The van der Waals surface area contributed by atoms with Gasteiger partial charge in [0.15, 0.2) is 12.4 Å². The van der Waals surface area contributed by atoms with Gasteiger partial charge in [-0.05, 0) is 31.4 Å². The third kappa shape index (κ3) is 7.03. The number of Topliss-reactive ketones (excluding diaryl/α,β-unsaturated/α-hetero) is 1. The summed E-state index contributed by atoms with van der Waals surface area (Å²) in [6.45, 7) is 0.186. The zero-order chi connectivity index (χ0) is 19.5. The number of unbranched alkanes of at least 4 members (excludes halogenated alkanes) is 1. The predicted molar refractivity (Wildman–Crippen MR) is 102 cm³/mol. The normalized spacial score (nSPS) is 11.4. The SMILES string of the molecule is NC(CCCCNC(=O)c1ccccc1)C(=O)OCC(=O)c1ccccc1. The predicted octanol–water partition coefficient (Wildman–Crippen LogP) is 2.34. The third-order valence-electron chi connectivity index (χ3n) is 4.01. The van der Waals surface area contributed by atoms with Crippen LogP contribution >= 0.6 is 0 Å². The van der Waals surface area contributed by atoms with Gasteiger partial charge in [-0.3, -0.25) is 14.4 Å². The summed E-state index contributed by atoms with van der Waals surface area (Å²) in [5.74, 6) is -0.980. The molecule has 0 fully saturated rings. The highest BCUT2D eigenvalue weighted by molar-refractivity contribution is 5.98. The van der Waals surface area contributed by atoms with Crippen molar-refractivity contribution in [2.75, 3.05) is 13.2 Å². The van der Waals surface area contributed by atoms with Crippen LogP contribution in [0.25, 0.3) is 0 Å². The number of rotatable bonds is 10. The zero-order valence-electron chi connectivity index (χ0n) is 15.1. The topological polar surface area (TPSA) is 98.5 Å². The van der Waals surface area contributed by atoms with Gasteiger partial charge in [0.25, 0.3) is 5.91 Å². The van der Waals surface area contributed by atoms with Gasteiger partial charge in [-0.15, -0.1) is 0 Å². The molecule has 0 saturated carbocycles. The van der Waals surface area contributed by atoms with Crippen molar-refractivity contribution in [1.29, 1.82) is 0 Å². The maximum Gasteiger partial charge on any atom is 0.323 e. The van der Waals surface area contributed by atoms with E-state index in [9.17, 15) is 14.4 Å². The van der Waals surface area contributed by atoms with Gasteiger partial charge in [-0.25, -0.2) is 0 Å². The average molecular weight is 368 g/mol. The van der Waals surface area contributed by atoms with E-state index >= 15 is 0 Å². The van der Waals surface area contributed by atoms with Crippen LogP contribution in [0.1, 0.15) is 40.0 Å². The number of amides is 1. The molecule has 0 radical (unpaired) electrons. The molecule has 0 spiro atoms. The van der Waals surface area contributed by atoms with Crippen molar-refractivity contribution < 1.29 is 19.1 Å². The van der Waals surface area contributed by atoms with E-state index in [0.717, 1.165) is 0 Å². The maximum atomic E-state index is 11.9. The van der Waals surface area contributed by atoms with Crippen LogP contribution in [0, 0.1) is 0 Å². The van der Waals surface area contributed by atoms with E-state index < -0.39 is 12.0 Å². The van der Waals surface area contributed by atoms with E-state index in [2.05, 4.69) is 5.32 Å². The van der Waals surface area contributed by atoms with Crippen molar-refractivity contribution in [3.63, 3.8) is 0 Å². The van der Waals surface area contributed by atoms with Crippen molar-refractivity contribution in [3.05, 3.63) is 71.8 Å². The van der Waals surface area contributed by atoms with Crippen LogP contribution in [0.15, 0.2) is 60.7 Å². The number of nitrogens with one attached hydrogen (secondary N) is 1. The number of nitrogens with two attached hydrogens (primary N) is 1. The van der Waals surface area contributed by atoms with Crippen LogP contribution in [0.2, 0.25) is 0 Å². The molecule has 3 N–H and O–H groups in total. The first kappa shape index (κ1) is 20.3. The number of hydrogen-bond donors (Lipinski definition) is 2. The average Bonchev–Trinajstić information content (AvgIpc) is 2.72. The van der Waals surface area contributed by atoms with Gasteiger partial charge in [-0.1, -0.05) is 48.5 Å². The number of carbonyl (C=O) groups is 3. The Hall–Kier alpha value is -2.99. The van der Waals surface area contributed by atoms with Crippen molar-refractivity contribution in [2.24, 2.45) is 5.73 Å². The molecule has 6 nitrogen and oxygen atoms in total. The second-order valence-corrected chi connectivity index (χ2v) is 6.12. The number of benzene rings is 2. The van der Waals surface area contributed by atoms with Gasteiger partial charge < -0.3 is 15.8 Å². The Kier molecular flexibility index (Phi) is 8.19. The summed E-state index contributed by atoms with van der Waals surface area (Å²) in [6, 6.07) is 16.8. The molecule has 0 aromatic heterocycles. The summed E-state index contributed by atoms with van der Waals surface area (Å²) in [7, 11) is 0. The summed E-state index contributed by atoms with van der Waals surface area (Å²) < 4.78 is 4.99. The van der Waals surface area contributed by atoms with Gasteiger partial charge in [-0.2, -0.15) is 0 Å². The lowest BCUT2D eigenvalue weighted by Crippen LogP contribution is -2.33. The minimum absolute atomic E-state index is 0.126. The van der Waals surface area contributed by atoms with Crippen LogP contribution in [-0.2, 0) is 9.53 Å². The molecule has 0 saturated heterocycles. The summed E-state index contributed by atoms with van der Waals surface area (Å²) in [5.41, 5.74) is 6.91. The van der Waals surface area contributed by atoms with E-state index in [1.165, 1.54) is 0 Å². The molecule has 2 aromatic rings. The Bertz CT molecular complexity index is 747. The maximum absolute atomic E-state index is 11.9. The largest absolute Gasteiger partial charge is 0.456 e. The minimum Gasteiger partial charge on any atom is -0.456 e. The highest BCUT2D eigenvalue weighted by atomic mass is 16.5. The van der Waals surface area contributed by atoms with Crippen LogP contribution in [0.5, 0.6) is 0 Å². The number of esters is 1. The Morgan fingerprint density at radius 3 is 2.11 bits per heavy atom. The number of ether oxygens (including phenoxy) is 1. The van der Waals surface area contributed by atoms with Gasteiger partial charge in [0.1, 0.15) is 6.04 Å². The molecule has 0 aliphatic carbocycles. The second-order valence-electron chi connectivity index (χ2n) is 6.12. The summed E-state index contributed by atoms with van der Waals surface area (Å²) in [5, 5.41) is 2.82. The molecule has 1 atom stereocenters. The lowest BCUT2D eigenvalue weighted by atomic mass is 10.1. The fourth-order valence-corrected chi connectivity index (χ4v) is 2.45. The Labute approximate surface area is 158 Å². The number of hydrogen-bond acceptors (Lipinski definition) is 5. The van der Waals surface area contributed by atoms with Crippen molar-refractivity contribution in [2.45, 2.75) is 25.3 Å². The molecule has 2 aromatic carbocycles. The fraction of sp³-hybridized carbons (Fsp3) is 0.286. The van der Waals surface area contributed by atoms with Crippen LogP contribution in [-0.4, -0.2) is 36.9 Å². The first-order chi connectivity index (χ1) is 13.1. The van der Waals surface area contributed by atoms with Crippen molar-refractivity contribution >= 4 is 17.7 Å². The lowest BCUT2D eigenvalue weighted by molar-refractivity contribution is -0.144. The first-order valence-electron chi connectivity index (χ1n) is 8.91. The van der Waals surface area contributed by atoms with E-state index in [1.807, 2.05) is 18.2 Å². The van der Waals surface area contributed by atoms with E-state index in [1.54, 1.807) is 42.5 Å². The van der Waals surface area contributed by atoms with Gasteiger partial charge >= 0.3 is 5.97 Å². The van der Waals surface area contributed by atoms with Crippen molar-refractivity contribution in [1.82, 2.24) is 5.32 Å². The molecule has 1 amide bonds. The monoisotopic (exact) mass is 368 g/mol. The van der Waals surface area contributed by atoms with Gasteiger partial charge in [0, 0.05) is 17.7 Å². The molecule has 142 valence electrons. The Balaban J connectivity index is 1.59. The molecule has 27 heavy (non-hydrogen) atoms. The summed E-state index contributed by atoms with van der Waals surface area (Å²) in [4.78, 5) is 35.6. The second kappa shape index (κ2) is 10.9. The lowest BCUT2D eigenvalue weighted by Gasteiger charge is -2.11. The molecular weight excluding hydrogens is 344 g/mol. The Morgan fingerprint density at radius 2 is 1.48 bits per heavy atom. The Morgan fingerprint density at radius 1 is 0.889 bits per heavy atom. The molecule has 2 rings (SSSR count).